The molecule has 0 aromatic heterocycles. The highest BCUT2D eigenvalue weighted by atomic mass is 15.3. The lowest BCUT2D eigenvalue weighted by molar-refractivity contribution is 0.156. The summed E-state index contributed by atoms with van der Waals surface area (Å²) in [4.78, 5) is 1.75. The van der Waals surface area contributed by atoms with Gasteiger partial charge in [0.2, 0.25) is 0 Å². The fourth-order valence-electron chi connectivity index (χ4n) is 0.455. The molecular formula is C5H16N4. The highest BCUT2D eigenvalue weighted by Gasteiger charge is 2.19. The van der Waals surface area contributed by atoms with Gasteiger partial charge in [-0.25, -0.2) is 0 Å². The standard InChI is InChI=1S/C5H16N4/c1-9(2)5(7,8)3-4-6/h3-4,6-8H2,1-2H3. The van der Waals surface area contributed by atoms with Crippen LogP contribution in [0.25, 0.3) is 0 Å². The van der Waals surface area contributed by atoms with Gasteiger partial charge in [0.25, 0.3) is 0 Å². The normalized spacial score (nSPS) is 12.7. The molecule has 0 amide bonds. The lowest BCUT2D eigenvalue weighted by Gasteiger charge is -2.31. The minimum absolute atomic E-state index is 0.519. The third kappa shape index (κ3) is 2.76. The highest BCUT2D eigenvalue weighted by Crippen LogP contribution is 1.98. The van der Waals surface area contributed by atoms with E-state index < -0.39 is 5.79 Å². The number of rotatable bonds is 3. The molecule has 0 saturated carbocycles. The predicted molar refractivity (Wildman–Crippen MR) is 38.5 cm³/mol. The number of nitrogens with two attached hydrogens (primary N) is 3. The van der Waals surface area contributed by atoms with Crippen molar-refractivity contribution in [2.45, 2.75) is 12.2 Å². The van der Waals surface area contributed by atoms with E-state index in [0.29, 0.717) is 13.0 Å². The summed E-state index contributed by atoms with van der Waals surface area (Å²) < 4.78 is 0. The van der Waals surface area contributed by atoms with Gasteiger partial charge in [-0.1, -0.05) is 0 Å². The van der Waals surface area contributed by atoms with E-state index in [1.165, 1.54) is 0 Å². The molecule has 0 rings (SSSR count). The van der Waals surface area contributed by atoms with Gasteiger partial charge in [0, 0.05) is 6.42 Å². The molecule has 0 saturated heterocycles. The van der Waals surface area contributed by atoms with Crippen molar-refractivity contribution in [3.05, 3.63) is 0 Å². The number of nitrogens with zero attached hydrogens (tertiary/aromatic N) is 1. The van der Waals surface area contributed by atoms with Crippen LogP contribution in [0.1, 0.15) is 6.42 Å². The van der Waals surface area contributed by atoms with Crippen molar-refractivity contribution in [1.82, 2.24) is 4.90 Å². The predicted octanol–water partition coefficient (Wildman–Crippen LogP) is -1.53. The Labute approximate surface area is 56.0 Å². The van der Waals surface area contributed by atoms with Gasteiger partial charge in [0.15, 0.2) is 0 Å². The lowest BCUT2D eigenvalue weighted by Crippen LogP contribution is -2.61. The van der Waals surface area contributed by atoms with Gasteiger partial charge in [0.05, 0.1) is 0 Å². The van der Waals surface area contributed by atoms with E-state index in [9.17, 15) is 0 Å². The molecule has 4 nitrogen and oxygen atoms in total. The van der Waals surface area contributed by atoms with Crippen LogP contribution in [0.15, 0.2) is 0 Å². The minimum Gasteiger partial charge on any atom is -0.330 e. The minimum atomic E-state index is -0.741. The van der Waals surface area contributed by atoms with Crippen molar-refractivity contribution < 1.29 is 0 Å². The van der Waals surface area contributed by atoms with Gasteiger partial charge in [-0.3, -0.25) is 4.90 Å². The Kier molecular flexibility index (Phi) is 3.07. The molecule has 0 bridgehead atoms. The van der Waals surface area contributed by atoms with Crippen molar-refractivity contribution in [2.75, 3.05) is 20.6 Å². The van der Waals surface area contributed by atoms with Crippen LogP contribution >= 0.6 is 0 Å². The second kappa shape index (κ2) is 3.12. The van der Waals surface area contributed by atoms with Crippen LogP contribution in [-0.2, 0) is 0 Å². The Hall–Kier alpha value is -0.160. The van der Waals surface area contributed by atoms with E-state index >= 15 is 0 Å². The summed E-state index contributed by atoms with van der Waals surface area (Å²) in [5.74, 6) is -0.741. The van der Waals surface area contributed by atoms with E-state index in [2.05, 4.69) is 0 Å². The van der Waals surface area contributed by atoms with Crippen LogP contribution in [-0.4, -0.2) is 31.3 Å². The molecule has 9 heavy (non-hydrogen) atoms. The Bertz CT molecular complexity index is 79.0. The molecular weight excluding hydrogens is 116 g/mol. The van der Waals surface area contributed by atoms with Gasteiger partial charge in [-0.2, -0.15) is 0 Å². The lowest BCUT2D eigenvalue weighted by atomic mass is 10.2. The van der Waals surface area contributed by atoms with Gasteiger partial charge in [-0.15, -0.1) is 0 Å². The SMILES string of the molecule is CN(C)C(N)(N)CCN. The Morgan fingerprint density at radius 2 is 1.78 bits per heavy atom. The molecule has 56 valence electrons. The van der Waals surface area contributed by atoms with Crippen LogP contribution in [0, 0.1) is 0 Å². The summed E-state index contributed by atoms with van der Waals surface area (Å²) in [5, 5.41) is 0. The average molecular weight is 132 g/mol. The second-order valence-corrected chi connectivity index (χ2v) is 2.42. The van der Waals surface area contributed by atoms with Crippen LogP contribution in [0.3, 0.4) is 0 Å². The van der Waals surface area contributed by atoms with E-state index in [0.717, 1.165) is 0 Å². The van der Waals surface area contributed by atoms with Crippen molar-refractivity contribution in [1.29, 1.82) is 0 Å². The van der Waals surface area contributed by atoms with Crippen molar-refractivity contribution in [3.8, 4) is 0 Å². The molecule has 0 aromatic rings. The molecule has 0 aliphatic heterocycles. The van der Waals surface area contributed by atoms with Crippen molar-refractivity contribution in [3.63, 3.8) is 0 Å². The van der Waals surface area contributed by atoms with E-state index in [-0.39, 0.29) is 0 Å². The number of hydrogen-bond acceptors (Lipinski definition) is 4. The molecule has 6 N–H and O–H groups in total. The third-order valence-electron chi connectivity index (χ3n) is 1.38. The first kappa shape index (κ1) is 8.84. The zero-order valence-electron chi connectivity index (χ0n) is 6.09. The molecule has 0 spiro atoms. The fourth-order valence-corrected chi connectivity index (χ4v) is 0.455. The van der Waals surface area contributed by atoms with Crippen molar-refractivity contribution in [2.24, 2.45) is 17.2 Å². The Morgan fingerprint density at radius 1 is 1.33 bits per heavy atom. The summed E-state index contributed by atoms with van der Waals surface area (Å²) in [6, 6.07) is 0. The van der Waals surface area contributed by atoms with E-state index in [1.807, 2.05) is 14.1 Å². The molecule has 4 heteroatoms. The summed E-state index contributed by atoms with van der Waals surface area (Å²) >= 11 is 0. The molecule has 0 aliphatic rings. The molecule has 0 heterocycles. The molecule has 0 fully saturated rings. The highest BCUT2D eigenvalue weighted by molar-refractivity contribution is 4.72. The first-order valence-electron chi connectivity index (χ1n) is 2.96. The molecule has 0 aromatic carbocycles. The maximum Gasteiger partial charge on any atom is 0.121 e. The first-order valence-corrected chi connectivity index (χ1v) is 2.96. The molecule has 0 radical (unpaired) electrons. The largest absolute Gasteiger partial charge is 0.330 e. The smallest absolute Gasteiger partial charge is 0.121 e. The average Bonchev–Trinajstić information content (AvgIpc) is 1.65. The Balaban J connectivity index is 3.70. The third-order valence-corrected chi connectivity index (χ3v) is 1.38. The first-order chi connectivity index (χ1) is 4.00. The monoisotopic (exact) mass is 132 g/mol. The van der Waals surface area contributed by atoms with E-state index in [4.69, 9.17) is 17.2 Å². The van der Waals surface area contributed by atoms with Gasteiger partial charge in [0.1, 0.15) is 5.79 Å². The van der Waals surface area contributed by atoms with Gasteiger partial charge in [-0.05, 0) is 20.6 Å². The number of hydrogen-bond donors (Lipinski definition) is 3. The Morgan fingerprint density at radius 3 is 1.89 bits per heavy atom. The van der Waals surface area contributed by atoms with E-state index in [1.54, 1.807) is 4.90 Å². The maximum atomic E-state index is 5.59. The molecule has 0 atom stereocenters. The zero-order chi connectivity index (χ0) is 7.49. The van der Waals surface area contributed by atoms with Crippen molar-refractivity contribution >= 4 is 0 Å². The molecule has 0 unspecified atom stereocenters. The second-order valence-electron chi connectivity index (χ2n) is 2.42. The maximum absolute atomic E-state index is 5.59. The summed E-state index contributed by atoms with van der Waals surface area (Å²) in [6.07, 6.45) is 0.611. The van der Waals surface area contributed by atoms with Gasteiger partial charge < -0.3 is 17.2 Å². The molecule has 0 aliphatic carbocycles. The summed E-state index contributed by atoms with van der Waals surface area (Å²) in [6.45, 7) is 0.519. The summed E-state index contributed by atoms with van der Waals surface area (Å²) in [5.41, 5.74) is 16.5. The topological polar surface area (TPSA) is 81.3 Å². The van der Waals surface area contributed by atoms with Crippen LogP contribution < -0.4 is 17.2 Å². The van der Waals surface area contributed by atoms with Crippen LogP contribution in [0.4, 0.5) is 0 Å². The summed E-state index contributed by atoms with van der Waals surface area (Å²) in [7, 11) is 3.66. The van der Waals surface area contributed by atoms with Gasteiger partial charge >= 0.3 is 0 Å². The zero-order valence-corrected chi connectivity index (χ0v) is 6.09. The fraction of sp³-hybridized carbons (Fsp3) is 1.00. The van der Waals surface area contributed by atoms with Crippen LogP contribution in [0.2, 0.25) is 0 Å². The van der Waals surface area contributed by atoms with Crippen LogP contribution in [0.5, 0.6) is 0 Å². The quantitative estimate of drug-likeness (QED) is 0.407.